The van der Waals surface area contributed by atoms with E-state index in [1.807, 2.05) is 32.9 Å². The summed E-state index contributed by atoms with van der Waals surface area (Å²) in [5.41, 5.74) is 3.24. The summed E-state index contributed by atoms with van der Waals surface area (Å²) in [6.07, 6.45) is 0.961. The molecule has 1 aromatic rings. The topological polar surface area (TPSA) is 29.1 Å². The molecular weight excluding hydrogens is 174 g/mol. The summed E-state index contributed by atoms with van der Waals surface area (Å²) in [6, 6.07) is 5.97. The number of aryl methyl sites for hydroxylation is 1. The second kappa shape index (κ2) is 4.80. The van der Waals surface area contributed by atoms with Crippen molar-refractivity contribution in [2.45, 2.75) is 27.2 Å². The van der Waals surface area contributed by atoms with E-state index in [-0.39, 0.29) is 5.91 Å². The van der Waals surface area contributed by atoms with Crippen LogP contribution in [0.1, 0.15) is 35.3 Å². The van der Waals surface area contributed by atoms with Crippen LogP contribution in [0.15, 0.2) is 18.2 Å². The Hall–Kier alpha value is -1.31. The third-order valence-electron chi connectivity index (χ3n) is 2.19. The first-order valence-corrected chi connectivity index (χ1v) is 5.15. The zero-order valence-corrected chi connectivity index (χ0v) is 9.05. The van der Waals surface area contributed by atoms with Crippen molar-refractivity contribution in [1.29, 1.82) is 0 Å². The van der Waals surface area contributed by atoms with E-state index in [4.69, 9.17) is 0 Å². The second-order valence-corrected chi connectivity index (χ2v) is 3.17. The van der Waals surface area contributed by atoms with Gasteiger partial charge in [-0.3, -0.25) is 4.79 Å². The van der Waals surface area contributed by atoms with Gasteiger partial charge < -0.3 is 5.32 Å². The molecule has 1 aromatic carbocycles. The van der Waals surface area contributed by atoms with Crippen molar-refractivity contribution >= 4 is 5.91 Å². The lowest BCUT2D eigenvalue weighted by atomic mass is 9.98. The van der Waals surface area contributed by atoms with Crippen LogP contribution in [0, 0.1) is 6.92 Å². The van der Waals surface area contributed by atoms with Crippen LogP contribution in [0.4, 0.5) is 0 Å². The van der Waals surface area contributed by atoms with Crippen LogP contribution in [-0.2, 0) is 6.42 Å². The van der Waals surface area contributed by atoms with Crippen LogP contribution < -0.4 is 5.32 Å². The molecule has 0 aromatic heterocycles. The Morgan fingerprint density at radius 3 is 2.71 bits per heavy atom. The molecule has 0 atom stereocenters. The van der Waals surface area contributed by atoms with Crippen LogP contribution in [0.25, 0.3) is 0 Å². The molecule has 14 heavy (non-hydrogen) atoms. The maximum absolute atomic E-state index is 11.3. The van der Waals surface area contributed by atoms with Crippen LogP contribution >= 0.6 is 0 Å². The molecule has 0 saturated heterocycles. The summed E-state index contributed by atoms with van der Waals surface area (Å²) in [5, 5.41) is 2.82. The molecule has 1 aliphatic rings. The van der Waals surface area contributed by atoms with Crippen molar-refractivity contribution in [1.82, 2.24) is 5.32 Å². The first-order valence-electron chi connectivity index (χ1n) is 5.15. The van der Waals surface area contributed by atoms with Gasteiger partial charge in [-0.15, -0.1) is 0 Å². The number of carbonyl (C=O) groups is 1. The highest BCUT2D eigenvalue weighted by molar-refractivity contribution is 5.96. The van der Waals surface area contributed by atoms with Crippen LogP contribution in [0.2, 0.25) is 0 Å². The lowest BCUT2D eigenvalue weighted by Crippen LogP contribution is -2.31. The maximum Gasteiger partial charge on any atom is 0.251 e. The van der Waals surface area contributed by atoms with Gasteiger partial charge in [-0.2, -0.15) is 0 Å². The molecule has 0 saturated carbocycles. The zero-order valence-electron chi connectivity index (χ0n) is 9.05. The standard InChI is InChI=1S/C10H11NO.C2H6/c1-7-2-3-9-8(6-7)4-5-11-10(9)12;1-2/h2-3,6H,4-5H2,1H3,(H,11,12);1-2H3. The summed E-state index contributed by atoms with van der Waals surface area (Å²) in [5.74, 6) is 0.0660. The monoisotopic (exact) mass is 191 g/mol. The van der Waals surface area contributed by atoms with E-state index in [0.29, 0.717) is 0 Å². The predicted molar refractivity (Wildman–Crippen MR) is 58.6 cm³/mol. The molecule has 0 fully saturated rings. The molecular formula is C12H17NO. The molecule has 2 rings (SSSR count). The fourth-order valence-corrected chi connectivity index (χ4v) is 1.56. The Balaban J connectivity index is 0.000000461. The van der Waals surface area contributed by atoms with Crippen molar-refractivity contribution in [3.63, 3.8) is 0 Å². The van der Waals surface area contributed by atoms with Gasteiger partial charge in [0.15, 0.2) is 0 Å². The number of fused-ring (bicyclic) bond motifs is 1. The molecule has 1 heterocycles. The van der Waals surface area contributed by atoms with Gasteiger partial charge in [0.05, 0.1) is 0 Å². The first kappa shape index (κ1) is 10.8. The minimum absolute atomic E-state index is 0.0660. The van der Waals surface area contributed by atoms with Crippen LogP contribution in [-0.4, -0.2) is 12.5 Å². The number of nitrogens with one attached hydrogen (secondary N) is 1. The highest BCUT2D eigenvalue weighted by Gasteiger charge is 2.15. The third-order valence-corrected chi connectivity index (χ3v) is 2.19. The SMILES string of the molecule is CC.Cc1ccc2c(c1)CCNC2=O. The molecule has 76 valence electrons. The van der Waals surface area contributed by atoms with Crippen molar-refractivity contribution < 1.29 is 4.79 Å². The average molecular weight is 191 g/mol. The number of rotatable bonds is 0. The first-order chi connectivity index (χ1) is 6.77. The molecule has 0 bridgehead atoms. The lowest BCUT2D eigenvalue weighted by molar-refractivity contribution is 0.0946. The van der Waals surface area contributed by atoms with E-state index in [2.05, 4.69) is 11.4 Å². The van der Waals surface area contributed by atoms with E-state index >= 15 is 0 Å². The minimum atomic E-state index is 0.0660. The quantitative estimate of drug-likeness (QED) is 0.670. The van der Waals surface area contributed by atoms with Crippen molar-refractivity contribution in [3.8, 4) is 0 Å². The largest absolute Gasteiger partial charge is 0.352 e. The van der Waals surface area contributed by atoms with E-state index < -0.39 is 0 Å². The summed E-state index contributed by atoms with van der Waals surface area (Å²) < 4.78 is 0. The molecule has 1 N–H and O–H groups in total. The summed E-state index contributed by atoms with van der Waals surface area (Å²) >= 11 is 0. The molecule has 1 amide bonds. The zero-order chi connectivity index (χ0) is 10.6. The Morgan fingerprint density at radius 1 is 1.29 bits per heavy atom. The van der Waals surface area contributed by atoms with E-state index in [1.165, 1.54) is 11.1 Å². The number of hydrogen-bond donors (Lipinski definition) is 1. The molecule has 0 spiro atoms. The van der Waals surface area contributed by atoms with Crippen molar-refractivity contribution in [2.75, 3.05) is 6.54 Å². The number of amides is 1. The Labute approximate surface area is 85.3 Å². The summed E-state index contributed by atoms with van der Waals surface area (Å²) in [7, 11) is 0. The van der Waals surface area contributed by atoms with Gasteiger partial charge in [0.2, 0.25) is 0 Å². The molecule has 2 nitrogen and oxygen atoms in total. The lowest BCUT2D eigenvalue weighted by Gasteiger charge is -2.16. The fourth-order valence-electron chi connectivity index (χ4n) is 1.56. The van der Waals surface area contributed by atoms with Gasteiger partial charge in [-0.1, -0.05) is 31.5 Å². The van der Waals surface area contributed by atoms with Gasteiger partial charge in [-0.05, 0) is 25.0 Å². The third kappa shape index (κ3) is 2.13. The van der Waals surface area contributed by atoms with Crippen LogP contribution in [0.3, 0.4) is 0 Å². The van der Waals surface area contributed by atoms with E-state index in [0.717, 1.165) is 18.5 Å². The Morgan fingerprint density at radius 2 is 2.00 bits per heavy atom. The highest BCUT2D eigenvalue weighted by Crippen LogP contribution is 2.14. The molecule has 2 heteroatoms. The number of benzene rings is 1. The number of hydrogen-bond acceptors (Lipinski definition) is 1. The predicted octanol–water partition coefficient (Wildman–Crippen LogP) is 2.31. The smallest absolute Gasteiger partial charge is 0.251 e. The Bertz CT molecular complexity index is 331. The summed E-state index contributed by atoms with van der Waals surface area (Å²) in [6.45, 7) is 6.82. The number of carbonyl (C=O) groups excluding carboxylic acids is 1. The average Bonchev–Trinajstić information content (AvgIpc) is 2.21. The van der Waals surface area contributed by atoms with Crippen LogP contribution in [0.5, 0.6) is 0 Å². The molecule has 1 aliphatic heterocycles. The van der Waals surface area contributed by atoms with Gasteiger partial charge in [0.25, 0.3) is 5.91 Å². The second-order valence-electron chi connectivity index (χ2n) is 3.17. The summed E-state index contributed by atoms with van der Waals surface area (Å²) in [4.78, 5) is 11.3. The molecule has 0 radical (unpaired) electrons. The highest BCUT2D eigenvalue weighted by atomic mass is 16.1. The van der Waals surface area contributed by atoms with E-state index in [1.54, 1.807) is 0 Å². The van der Waals surface area contributed by atoms with E-state index in [9.17, 15) is 4.79 Å². The maximum atomic E-state index is 11.3. The fraction of sp³-hybridized carbons (Fsp3) is 0.417. The van der Waals surface area contributed by atoms with Gasteiger partial charge >= 0.3 is 0 Å². The van der Waals surface area contributed by atoms with Crippen molar-refractivity contribution in [3.05, 3.63) is 34.9 Å². The normalized spacial score (nSPS) is 13.5. The minimum Gasteiger partial charge on any atom is -0.352 e. The van der Waals surface area contributed by atoms with Gasteiger partial charge in [0.1, 0.15) is 0 Å². The Kier molecular flexibility index (Phi) is 3.69. The van der Waals surface area contributed by atoms with Gasteiger partial charge in [0, 0.05) is 12.1 Å². The molecule has 0 aliphatic carbocycles. The van der Waals surface area contributed by atoms with Crippen molar-refractivity contribution in [2.24, 2.45) is 0 Å². The molecule has 0 unspecified atom stereocenters. The van der Waals surface area contributed by atoms with Gasteiger partial charge in [-0.25, -0.2) is 0 Å².